The quantitative estimate of drug-likeness (QED) is 0.825. The molecule has 0 fully saturated rings. The number of esters is 1. The van der Waals surface area contributed by atoms with Crippen molar-refractivity contribution in [1.29, 1.82) is 0 Å². The van der Waals surface area contributed by atoms with E-state index in [0.29, 0.717) is 24.4 Å². The largest absolute Gasteiger partial charge is 0.478 e. The summed E-state index contributed by atoms with van der Waals surface area (Å²) < 4.78 is 10.6. The highest BCUT2D eigenvalue weighted by atomic mass is 16.5. The first kappa shape index (κ1) is 15.3. The highest BCUT2D eigenvalue weighted by Gasteiger charge is 2.34. The van der Waals surface area contributed by atoms with E-state index in [4.69, 9.17) is 15.2 Å². The molecular formula is C15H20N2O4. The first-order chi connectivity index (χ1) is 10.1. The molecule has 0 spiro atoms. The summed E-state index contributed by atoms with van der Waals surface area (Å²) in [6.07, 6.45) is -0.0512. The molecule has 1 heterocycles. The van der Waals surface area contributed by atoms with Crippen LogP contribution in [0.25, 0.3) is 0 Å². The van der Waals surface area contributed by atoms with Gasteiger partial charge in [-0.25, -0.2) is 0 Å². The van der Waals surface area contributed by atoms with Crippen LogP contribution in [-0.2, 0) is 20.9 Å². The van der Waals surface area contributed by atoms with Gasteiger partial charge in [-0.1, -0.05) is 13.0 Å². The highest BCUT2D eigenvalue weighted by molar-refractivity contribution is 6.03. The van der Waals surface area contributed by atoms with Gasteiger partial charge in [-0.15, -0.1) is 0 Å². The summed E-state index contributed by atoms with van der Waals surface area (Å²) in [7, 11) is 0. The molecule has 0 aromatic heterocycles. The SMILES string of the molecule is CCOC(=O)CN1C(=O)C(CC)Oc2cc(CN)ccc21. The first-order valence-corrected chi connectivity index (χ1v) is 7.07. The van der Waals surface area contributed by atoms with Gasteiger partial charge >= 0.3 is 5.97 Å². The van der Waals surface area contributed by atoms with Crippen molar-refractivity contribution in [2.45, 2.75) is 32.9 Å². The Hall–Kier alpha value is -2.08. The van der Waals surface area contributed by atoms with Gasteiger partial charge < -0.3 is 15.2 Å². The van der Waals surface area contributed by atoms with Crippen LogP contribution in [0.5, 0.6) is 5.75 Å². The zero-order chi connectivity index (χ0) is 15.4. The van der Waals surface area contributed by atoms with Crippen molar-refractivity contribution in [1.82, 2.24) is 0 Å². The summed E-state index contributed by atoms with van der Waals surface area (Å²) in [6, 6.07) is 5.38. The number of fused-ring (bicyclic) bond motifs is 1. The lowest BCUT2D eigenvalue weighted by molar-refractivity contribution is -0.143. The Morgan fingerprint density at radius 2 is 2.19 bits per heavy atom. The predicted octanol–water partition coefficient (Wildman–Crippen LogP) is 1.21. The van der Waals surface area contributed by atoms with Gasteiger partial charge in [-0.05, 0) is 31.0 Å². The molecule has 1 amide bonds. The van der Waals surface area contributed by atoms with E-state index in [1.165, 1.54) is 4.90 Å². The maximum absolute atomic E-state index is 12.4. The van der Waals surface area contributed by atoms with E-state index in [1.54, 1.807) is 13.0 Å². The Labute approximate surface area is 123 Å². The van der Waals surface area contributed by atoms with Gasteiger partial charge in [-0.2, -0.15) is 0 Å². The van der Waals surface area contributed by atoms with Crippen LogP contribution in [-0.4, -0.2) is 31.1 Å². The van der Waals surface area contributed by atoms with E-state index in [0.717, 1.165) is 5.56 Å². The minimum absolute atomic E-state index is 0.110. The van der Waals surface area contributed by atoms with E-state index >= 15 is 0 Å². The number of nitrogens with two attached hydrogens (primary N) is 1. The summed E-state index contributed by atoms with van der Waals surface area (Å²) >= 11 is 0. The van der Waals surface area contributed by atoms with Crippen molar-refractivity contribution in [3.05, 3.63) is 23.8 Å². The van der Waals surface area contributed by atoms with Crippen molar-refractivity contribution in [2.75, 3.05) is 18.1 Å². The first-order valence-electron chi connectivity index (χ1n) is 7.07. The lowest BCUT2D eigenvalue weighted by atomic mass is 10.1. The summed E-state index contributed by atoms with van der Waals surface area (Å²) in [6.45, 7) is 4.16. The number of hydrogen-bond donors (Lipinski definition) is 1. The second-order valence-corrected chi connectivity index (χ2v) is 4.75. The van der Waals surface area contributed by atoms with Crippen LogP contribution in [0.15, 0.2) is 18.2 Å². The predicted molar refractivity (Wildman–Crippen MR) is 78.0 cm³/mol. The zero-order valence-corrected chi connectivity index (χ0v) is 12.3. The molecule has 6 nitrogen and oxygen atoms in total. The molecule has 1 aliphatic heterocycles. The van der Waals surface area contributed by atoms with Crippen LogP contribution in [0.1, 0.15) is 25.8 Å². The van der Waals surface area contributed by atoms with Gasteiger partial charge in [0.1, 0.15) is 12.3 Å². The Morgan fingerprint density at radius 3 is 2.81 bits per heavy atom. The second-order valence-electron chi connectivity index (χ2n) is 4.75. The molecule has 0 radical (unpaired) electrons. The maximum atomic E-state index is 12.4. The van der Waals surface area contributed by atoms with Gasteiger partial charge in [0.25, 0.3) is 5.91 Å². The van der Waals surface area contributed by atoms with Crippen molar-refractivity contribution in [3.8, 4) is 5.75 Å². The van der Waals surface area contributed by atoms with Crippen LogP contribution in [0, 0.1) is 0 Å². The van der Waals surface area contributed by atoms with Crippen LogP contribution in [0.2, 0.25) is 0 Å². The molecule has 21 heavy (non-hydrogen) atoms. The number of carbonyl (C=O) groups excluding carboxylic acids is 2. The molecule has 2 rings (SSSR count). The van der Waals surface area contributed by atoms with Crippen molar-refractivity contribution in [2.24, 2.45) is 5.73 Å². The van der Waals surface area contributed by atoms with Crippen LogP contribution in [0.4, 0.5) is 5.69 Å². The fourth-order valence-electron chi connectivity index (χ4n) is 2.26. The molecule has 114 valence electrons. The minimum atomic E-state index is -0.583. The average molecular weight is 292 g/mol. The second kappa shape index (κ2) is 6.58. The standard InChI is InChI=1S/C15H20N2O4/c1-3-12-15(19)17(9-14(18)20-4-2)11-6-5-10(8-16)7-13(11)21-12/h5-7,12H,3-4,8-9,16H2,1-2H3. The average Bonchev–Trinajstić information content (AvgIpc) is 2.49. The summed E-state index contributed by atoms with van der Waals surface area (Å²) in [5, 5.41) is 0. The highest BCUT2D eigenvalue weighted by Crippen LogP contribution is 2.35. The zero-order valence-electron chi connectivity index (χ0n) is 12.3. The third kappa shape index (κ3) is 3.16. The molecule has 0 saturated heterocycles. The monoisotopic (exact) mass is 292 g/mol. The lowest BCUT2D eigenvalue weighted by Crippen LogP contribution is -2.48. The van der Waals surface area contributed by atoms with E-state index in [2.05, 4.69) is 0 Å². The molecule has 1 atom stereocenters. The number of hydrogen-bond acceptors (Lipinski definition) is 5. The Bertz CT molecular complexity index is 544. The van der Waals surface area contributed by atoms with Gasteiger partial charge in [0.2, 0.25) is 0 Å². The molecule has 1 aliphatic rings. The van der Waals surface area contributed by atoms with Crippen molar-refractivity contribution < 1.29 is 19.1 Å². The Morgan fingerprint density at radius 1 is 1.43 bits per heavy atom. The summed E-state index contributed by atoms with van der Waals surface area (Å²) in [5.74, 6) is -0.0799. The lowest BCUT2D eigenvalue weighted by Gasteiger charge is -2.33. The van der Waals surface area contributed by atoms with E-state index in [-0.39, 0.29) is 19.1 Å². The molecule has 1 unspecified atom stereocenters. The van der Waals surface area contributed by atoms with E-state index in [9.17, 15) is 9.59 Å². The van der Waals surface area contributed by atoms with Gasteiger partial charge in [0, 0.05) is 6.54 Å². The Balaban J connectivity index is 2.34. The molecule has 0 bridgehead atoms. The maximum Gasteiger partial charge on any atom is 0.326 e. The third-order valence-electron chi connectivity index (χ3n) is 3.32. The normalized spacial score (nSPS) is 17.2. The summed E-state index contributed by atoms with van der Waals surface area (Å²) in [5.41, 5.74) is 7.11. The van der Waals surface area contributed by atoms with E-state index in [1.807, 2.05) is 19.1 Å². The van der Waals surface area contributed by atoms with Crippen molar-refractivity contribution >= 4 is 17.6 Å². The van der Waals surface area contributed by atoms with Crippen LogP contribution >= 0.6 is 0 Å². The van der Waals surface area contributed by atoms with Crippen molar-refractivity contribution in [3.63, 3.8) is 0 Å². The third-order valence-corrected chi connectivity index (χ3v) is 3.32. The number of benzene rings is 1. The fraction of sp³-hybridized carbons (Fsp3) is 0.467. The molecular weight excluding hydrogens is 272 g/mol. The van der Waals surface area contributed by atoms with Crippen LogP contribution < -0.4 is 15.4 Å². The smallest absolute Gasteiger partial charge is 0.326 e. The number of ether oxygens (including phenoxy) is 2. The minimum Gasteiger partial charge on any atom is -0.478 e. The van der Waals surface area contributed by atoms with Gasteiger partial charge in [0.05, 0.1) is 12.3 Å². The molecule has 6 heteroatoms. The number of amides is 1. The topological polar surface area (TPSA) is 81.9 Å². The number of nitrogens with zero attached hydrogens (tertiary/aromatic N) is 1. The molecule has 0 saturated carbocycles. The van der Waals surface area contributed by atoms with E-state index < -0.39 is 12.1 Å². The Kier molecular flexibility index (Phi) is 4.80. The van der Waals surface area contributed by atoms with Gasteiger partial charge in [-0.3, -0.25) is 14.5 Å². The fourth-order valence-corrected chi connectivity index (χ4v) is 2.26. The number of rotatable bonds is 5. The van der Waals surface area contributed by atoms with Gasteiger partial charge in [0.15, 0.2) is 6.10 Å². The number of anilines is 1. The summed E-state index contributed by atoms with van der Waals surface area (Å²) in [4.78, 5) is 25.5. The molecule has 0 aliphatic carbocycles. The molecule has 1 aromatic rings. The van der Waals surface area contributed by atoms with Crippen LogP contribution in [0.3, 0.4) is 0 Å². The molecule has 1 aromatic carbocycles. The molecule has 2 N–H and O–H groups in total. The number of carbonyl (C=O) groups is 2.